The summed E-state index contributed by atoms with van der Waals surface area (Å²) in [5.41, 5.74) is 2.31. The topological polar surface area (TPSA) is 111 Å². The van der Waals surface area contributed by atoms with Crippen molar-refractivity contribution in [3.8, 4) is 11.5 Å². The van der Waals surface area contributed by atoms with Crippen LogP contribution in [0.3, 0.4) is 0 Å². The number of alkyl halides is 2. The summed E-state index contributed by atoms with van der Waals surface area (Å²) < 4.78 is 45.7. The Balaban J connectivity index is 1.23. The predicted molar refractivity (Wildman–Crippen MR) is 151 cm³/mol. The van der Waals surface area contributed by atoms with Gasteiger partial charge in [-0.3, -0.25) is 0 Å². The van der Waals surface area contributed by atoms with Gasteiger partial charge in [-0.25, -0.2) is 32.6 Å². The van der Waals surface area contributed by atoms with Gasteiger partial charge in [0.25, 0.3) is 5.92 Å². The number of piperidine rings is 1. The van der Waals surface area contributed by atoms with Crippen LogP contribution >= 0.6 is 0 Å². The summed E-state index contributed by atoms with van der Waals surface area (Å²) in [6.07, 6.45) is 5.57. The van der Waals surface area contributed by atoms with Crippen LogP contribution in [0.4, 0.5) is 25.1 Å². The summed E-state index contributed by atoms with van der Waals surface area (Å²) in [5.74, 6) is -2.66. The van der Waals surface area contributed by atoms with Gasteiger partial charge >= 0.3 is 6.09 Å². The lowest BCUT2D eigenvalue weighted by atomic mass is 9.86. The number of nitrogens with one attached hydrogen (secondary N) is 1. The third-order valence-corrected chi connectivity index (χ3v) is 7.03. The Kier molecular flexibility index (Phi) is 6.66. The zero-order valence-electron chi connectivity index (χ0n) is 23.6. The van der Waals surface area contributed by atoms with Gasteiger partial charge in [-0.2, -0.15) is 10.2 Å². The highest BCUT2D eigenvalue weighted by Gasteiger charge is 2.48. The molecular weight excluding hydrogens is 546 g/mol. The number of rotatable bonds is 5. The molecule has 0 saturated carbocycles. The first-order valence-corrected chi connectivity index (χ1v) is 13.5. The van der Waals surface area contributed by atoms with Gasteiger partial charge in [0.15, 0.2) is 11.5 Å². The van der Waals surface area contributed by atoms with E-state index in [1.165, 1.54) is 17.2 Å². The molecule has 1 amide bonds. The highest BCUT2D eigenvalue weighted by atomic mass is 19.3. The molecule has 0 spiro atoms. The number of ether oxygens (including phenoxy) is 2. The lowest BCUT2D eigenvalue weighted by Gasteiger charge is -2.38. The second kappa shape index (κ2) is 10.2. The molecule has 5 heterocycles. The molecule has 0 bridgehead atoms. The van der Waals surface area contributed by atoms with E-state index in [0.29, 0.717) is 39.7 Å². The summed E-state index contributed by atoms with van der Waals surface area (Å²) in [6, 6.07) is 10.8. The van der Waals surface area contributed by atoms with Crippen LogP contribution in [0.1, 0.15) is 44.2 Å². The van der Waals surface area contributed by atoms with Crippen LogP contribution in [-0.4, -0.2) is 64.8 Å². The minimum Gasteiger partial charge on any atom is -0.457 e. The van der Waals surface area contributed by atoms with Crippen molar-refractivity contribution in [3.05, 3.63) is 72.6 Å². The number of halogens is 2. The number of pyridine rings is 1. The third kappa shape index (κ3) is 5.41. The summed E-state index contributed by atoms with van der Waals surface area (Å²) >= 11 is 0. The number of hydrogen-bond acceptors (Lipinski definition) is 8. The molecule has 1 fully saturated rings. The molecule has 218 valence electrons. The van der Waals surface area contributed by atoms with E-state index in [-0.39, 0.29) is 13.0 Å². The van der Waals surface area contributed by atoms with Gasteiger partial charge in [-0.05, 0) is 75.6 Å². The highest BCUT2D eigenvalue weighted by Crippen LogP contribution is 2.43. The molecule has 11 nitrogen and oxygen atoms in total. The van der Waals surface area contributed by atoms with E-state index in [9.17, 15) is 4.79 Å². The van der Waals surface area contributed by atoms with E-state index >= 15 is 8.78 Å². The predicted octanol–water partition coefficient (Wildman–Crippen LogP) is 5.98. The molecule has 1 aliphatic rings. The van der Waals surface area contributed by atoms with Gasteiger partial charge < -0.3 is 19.7 Å². The van der Waals surface area contributed by atoms with E-state index in [2.05, 4.69) is 25.5 Å². The second-order valence-electron chi connectivity index (χ2n) is 11.3. The summed E-state index contributed by atoms with van der Waals surface area (Å²) in [7, 11) is 0. The van der Waals surface area contributed by atoms with Crippen molar-refractivity contribution in [2.45, 2.75) is 51.6 Å². The van der Waals surface area contributed by atoms with Gasteiger partial charge in [0, 0.05) is 30.7 Å². The Morgan fingerprint density at radius 3 is 2.57 bits per heavy atom. The third-order valence-electron chi connectivity index (χ3n) is 7.03. The molecule has 42 heavy (non-hydrogen) atoms. The molecule has 1 saturated heterocycles. The number of likely N-dealkylation sites (tertiary alicyclic amines) is 1. The molecule has 13 heteroatoms. The summed E-state index contributed by atoms with van der Waals surface area (Å²) in [4.78, 5) is 22.1. The summed E-state index contributed by atoms with van der Waals surface area (Å²) in [5, 5.41) is 11.6. The molecule has 1 N–H and O–H groups in total. The smallest absolute Gasteiger partial charge is 0.410 e. The molecular formula is C29H30F2N8O3. The number of fused-ring (bicyclic) bond motifs is 2. The van der Waals surface area contributed by atoms with E-state index < -0.39 is 30.1 Å². The molecule has 1 aromatic carbocycles. The van der Waals surface area contributed by atoms with Crippen molar-refractivity contribution in [1.82, 2.24) is 34.1 Å². The van der Waals surface area contributed by atoms with E-state index in [0.717, 1.165) is 10.5 Å². The Labute approximate surface area is 240 Å². The number of amides is 1. The zero-order valence-corrected chi connectivity index (χ0v) is 23.6. The molecule has 0 radical (unpaired) electrons. The molecule has 5 aromatic rings. The molecule has 1 aliphatic heterocycles. The van der Waals surface area contributed by atoms with Crippen LogP contribution in [0.2, 0.25) is 0 Å². The number of carbonyl (C=O) groups excluding carboxylic acids is 1. The minimum absolute atomic E-state index is 0.0615. The summed E-state index contributed by atoms with van der Waals surface area (Å²) in [6.45, 7) is 6.45. The van der Waals surface area contributed by atoms with E-state index in [4.69, 9.17) is 9.47 Å². The lowest BCUT2D eigenvalue weighted by molar-refractivity contribution is -0.0845. The van der Waals surface area contributed by atoms with Crippen molar-refractivity contribution in [1.29, 1.82) is 0 Å². The Bertz CT molecular complexity index is 1780. The van der Waals surface area contributed by atoms with Crippen molar-refractivity contribution in [3.63, 3.8) is 0 Å². The molecule has 1 unspecified atom stereocenters. The van der Waals surface area contributed by atoms with Crippen LogP contribution in [0, 0.1) is 6.92 Å². The van der Waals surface area contributed by atoms with Gasteiger partial charge in [-0.1, -0.05) is 0 Å². The molecule has 6 rings (SSSR count). The minimum atomic E-state index is -3.19. The van der Waals surface area contributed by atoms with Crippen molar-refractivity contribution in [2.75, 3.05) is 18.4 Å². The van der Waals surface area contributed by atoms with Gasteiger partial charge in [0.1, 0.15) is 35.3 Å². The molecule has 4 aromatic heterocycles. The lowest BCUT2D eigenvalue weighted by Crippen LogP contribution is -2.50. The highest BCUT2D eigenvalue weighted by molar-refractivity contribution is 5.78. The number of anilines is 2. The average Bonchev–Trinajstić information content (AvgIpc) is 3.56. The van der Waals surface area contributed by atoms with Crippen LogP contribution < -0.4 is 10.1 Å². The standard InChI is InChI=1S/C29H30F2N8O3/c1-18-13-19(5-6-23(18)41-20-7-11-38-24(14-20)32-16-34-38)36-26-25-21(8-12-39(25)35-17-33-26)22-9-10-37(15-29(22,30)31)27(40)42-28(2,3)4/h5-8,11-14,16-17,22H,9-10,15H2,1-4H3,(H,33,35,36). The zero-order chi connectivity index (χ0) is 29.6. The monoisotopic (exact) mass is 576 g/mol. The first-order chi connectivity index (χ1) is 20.0. The van der Waals surface area contributed by atoms with Crippen LogP contribution in [0.5, 0.6) is 11.5 Å². The quantitative estimate of drug-likeness (QED) is 0.272. The van der Waals surface area contributed by atoms with Crippen LogP contribution in [0.25, 0.3) is 11.2 Å². The van der Waals surface area contributed by atoms with E-state index in [1.807, 2.05) is 25.1 Å². The molecule has 0 aliphatic carbocycles. The fourth-order valence-electron chi connectivity index (χ4n) is 5.12. The van der Waals surface area contributed by atoms with Crippen molar-refractivity contribution in [2.24, 2.45) is 0 Å². The maximum absolute atomic E-state index is 15.6. The number of carbonyl (C=O) groups is 1. The number of aryl methyl sites for hydroxylation is 1. The van der Waals surface area contributed by atoms with Crippen molar-refractivity contribution < 1.29 is 23.0 Å². The van der Waals surface area contributed by atoms with Gasteiger partial charge in [-0.15, -0.1) is 0 Å². The number of nitrogens with zero attached hydrogens (tertiary/aromatic N) is 7. The maximum Gasteiger partial charge on any atom is 0.410 e. The van der Waals surface area contributed by atoms with E-state index in [1.54, 1.807) is 55.9 Å². The van der Waals surface area contributed by atoms with Gasteiger partial charge in [0.2, 0.25) is 0 Å². The average molecular weight is 577 g/mol. The van der Waals surface area contributed by atoms with Crippen LogP contribution in [0.15, 0.2) is 61.4 Å². The molecule has 1 atom stereocenters. The Morgan fingerprint density at radius 1 is 1.05 bits per heavy atom. The SMILES string of the molecule is Cc1cc(Nc2ncnn3ccc(C4CCN(C(=O)OC(C)(C)C)CC4(F)F)c23)ccc1Oc1ccn2ncnc2c1. The Morgan fingerprint density at radius 2 is 1.81 bits per heavy atom. The van der Waals surface area contributed by atoms with Crippen LogP contribution in [-0.2, 0) is 4.74 Å². The number of aromatic nitrogens is 6. The fraction of sp³-hybridized carbons (Fsp3) is 0.345. The van der Waals surface area contributed by atoms with Crippen molar-refractivity contribution >= 4 is 28.8 Å². The number of hydrogen-bond donors (Lipinski definition) is 1. The maximum atomic E-state index is 15.6. The first-order valence-electron chi connectivity index (χ1n) is 13.5. The Hall–Kier alpha value is -4.81. The number of benzene rings is 1. The van der Waals surface area contributed by atoms with Gasteiger partial charge in [0.05, 0.1) is 12.5 Å². The second-order valence-corrected chi connectivity index (χ2v) is 11.3. The fourth-order valence-corrected chi connectivity index (χ4v) is 5.12. The largest absolute Gasteiger partial charge is 0.457 e. The normalized spacial score (nSPS) is 17.0. The first kappa shape index (κ1) is 27.4.